The minimum Gasteiger partial charge on any atom is -0.484 e. The molecular formula is C19H18F3N5O4S2. The number of H-pyrrole nitrogens is 1. The number of ether oxygens (including phenoxy) is 1. The Labute approximate surface area is 191 Å². The Bertz CT molecular complexity index is 1170. The lowest BCUT2D eigenvalue weighted by Crippen LogP contribution is -2.30. The molecule has 3 rings (SSSR count). The lowest BCUT2D eigenvalue weighted by atomic mass is 10.2. The van der Waals surface area contributed by atoms with Crippen molar-refractivity contribution in [3.05, 3.63) is 60.4 Å². The van der Waals surface area contributed by atoms with E-state index < -0.39 is 21.8 Å². The summed E-state index contributed by atoms with van der Waals surface area (Å²) in [5.41, 5.74) is -1.19. The highest BCUT2D eigenvalue weighted by molar-refractivity contribution is 7.99. The molecule has 0 spiro atoms. The van der Waals surface area contributed by atoms with Crippen molar-refractivity contribution in [1.82, 2.24) is 20.5 Å². The predicted octanol–water partition coefficient (Wildman–Crippen LogP) is 2.91. The molecule has 0 saturated heterocycles. The highest BCUT2D eigenvalue weighted by Crippen LogP contribution is 2.31. The van der Waals surface area contributed by atoms with Gasteiger partial charge in [0.1, 0.15) is 12.1 Å². The van der Waals surface area contributed by atoms with Crippen LogP contribution in [0.15, 0.2) is 64.9 Å². The molecule has 0 fully saturated rings. The number of hydrogen-bond donors (Lipinski definition) is 3. The van der Waals surface area contributed by atoms with Gasteiger partial charge in [-0.25, -0.2) is 13.4 Å². The lowest BCUT2D eigenvalue weighted by molar-refractivity contribution is -0.137. The van der Waals surface area contributed by atoms with Crippen molar-refractivity contribution < 1.29 is 31.1 Å². The number of nitrogens with one attached hydrogen (secondary N) is 3. The van der Waals surface area contributed by atoms with Gasteiger partial charge in [0, 0.05) is 18.0 Å². The first-order chi connectivity index (χ1) is 15.6. The Morgan fingerprint density at radius 3 is 2.58 bits per heavy atom. The summed E-state index contributed by atoms with van der Waals surface area (Å²) in [6.07, 6.45) is -3.21. The normalized spacial score (nSPS) is 11.7. The van der Waals surface area contributed by atoms with E-state index in [2.05, 4.69) is 25.2 Å². The van der Waals surface area contributed by atoms with Gasteiger partial charge in [0.15, 0.2) is 11.8 Å². The fourth-order valence-electron chi connectivity index (χ4n) is 2.49. The van der Waals surface area contributed by atoms with E-state index in [9.17, 15) is 26.4 Å². The van der Waals surface area contributed by atoms with E-state index in [1.807, 2.05) is 0 Å². The minimum absolute atomic E-state index is 0.179. The molecule has 33 heavy (non-hydrogen) atoms. The van der Waals surface area contributed by atoms with Crippen molar-refractivity contribution in [2.45, 2.75) is 16.2 Å². The van der Waals surface area contributed by atoms with Crippen LogP contribution in [0.2, 0.25) is 0 Å². The monoisotopic (exact) mass is 501 g/mol. The van der Waals surface area contributed by atoms with E-state index in [-0.39, 0.29) is 28.8 Å². The van der Waals surface area contributed by atoms with Crippen LogP contribution in [0.1, 0.15) is 5.56 Å². The van der Waals surface area contributed by atoms with Crippen molar-refractivity contribution in [3.8, 4) is 5.75 Å². The Kier molecular flexibility index (Phi) is 7.81. The number of anilines is 1. The molecule has 0 atom stereocenters. The van der Waals surface area contributed by atoms with Gasteiger partial charge < -0.3 is 10.1 Å². The average molecular weight is 502 g/mol. The van der Waals surface area contributed by atoms with E-state index in [0.29, 0.717) is 23.5 Å². The summed E-state index contributed by atoms with van der Waals surface area (Å²) < 4.78 is 70.8. The second-order valence-electron chi connectivity index (χ2n) is 6.43. The summed E-state index contributed by atoms with van der Waals surface area (Å²) in [5.74, 6) is 0.460. The average Bonchev–Trinajstić information content (AvgIpc) is 3.28. The maximum absolute atomic E-state index is 12.8. The molecule has 1 aromatic heterocycles. The molecule has 0 unspecified atom stereocenters. The quantitative estimate of drug-likeness (QED) is 0.288. The molecule has 1 amide bonds. The standard InChI is InChI=1S/C19H18F3N5O4S2/c20-19(21,22)13-2-1-3-14(10-13)27-33(29,30)16-6-4-15(5-7-16)31-11-17(28)23-8-9-32-18-24-12-25-26-18/h1-7,10,12,27H,8-9,11H2,(H,23,28)(H,24,25,26). The SMILES string of the molecule is O=C(COc1ccc(S(=O)(=O)Nc2cccc(C(F)(F)F)c2)cc1)NCCSc1ncn[nH]1. The van der Waals surface area contributed by atoms with E-state index in [0.717, 1.165) is 12.1 Å². The predicted molar refractivity (Wildman–Crippen MR) is 114 cm³/mol. The molecule has 3 N–H and O–H groups in total. The van der Waals surface area contributed by atoms with Gasteiger partial charge in [0.2, 0.25) is 0 Å². The Morgan fingerprint density at radius 1 is 1.15 bits per heavy atom. The number of benzene rings is 2. The number of hydrogen-bond acceptors (Lipinski definition) is 7. The first-order valence-electron chi connectivity index (χ1n) is 9.31. The van der Waals surface area contributed by atoms with Crippen molar-refractivity contribution >= 4 is 33.4 Å². The molecule has 2 aromatic carbocycles. The van der Waals surface area contributed by atoms with Crippen LogP contribution in [0.4, 0.5) is 18.9 Å². The smallest absolute Gasteiger partial charge is 0.416 e. The van der Waals surface area contributed by atoms with Crippen LogP contribution in [0.3, 0.4) is 0 Å². The zero-order chi connectivity index (χ0) is 23.9. The van der Waals surface area contributed by atoms with Crippen molar-refractivity contribution in [2.24, 2.45) is 0 Å². The Hall–Kier alpha value is -3.26. The summed E-state index contributed by atoms with van der Waals surface area (Å²) in [7, 11) is -4.12. The van der Waals surface area contributed by atoms with Gasteiger partial charge in [0.25, 0.3) is 15.9 Å². The summed E-state index contributed by atoms with van der Waals surface area (Å²) in [6, 6.07) is 8.99. The van der Waals surface area contributed by atoms with Crippen molar-refractivity contribution in [1.29, 1.82) is 0 Å². The number of halogens is 3. The molecule has 176 valence electrons. The maximum Gasteiger partial charge on any atom is 0.416 e. The molecule has 14 heteroatoms. The second-order valence-corrected chi connectivity index (χ2v) is 9.20. The largest absolute Gasteiger partial charge is 0.484 e. The zero-order valence-corrected chi connectivity index (χ0v) is 18.4. The van der Waals surface area contributed by atoms with Gasteiger partial charge in [-0.15, -0.1) is 0 Å². The number of carbonyl (C=O) groups excluding carboxylic acids is 1. The van der Waals surface area contributed by atoms with Crippen LogP contribution in [0, 0.1) is 0 Å². The number of aromatic amines is 1. The molecule has 0 bridgehead atoms. The third-order valence-corrected chi connectivity index (χ3v) is 6.28. The van der Waals surface area contributed by atoms with Gasteiger partial charge in [-0.05, 0) is 42.5 Å². The first kappa shape index (κ1) is 24.4. The molecule has 0 saturated carbocycles. The van der Waals surface area contributed by atoms with Crippen LogP contribution < -0.4 is 14.8 Å². The molecule has 3 aromatic rings. The lowest BCUT2D eigenvalue weighted by Gasteiger charge is -2.12. The summed E-state index contributed by atoms with van der Waals surface area (Å²) in [4.78, 5) is 15.6. The third-order valence-electron chi connectivity index (χ3n) is 4.00. The number of alkyl halides is 3. The molecule has 0 radical (unpaired) electrons. The van der Waals surface area contributed by atoms with Gasteiger partial charge in [-0.2, -0.15) is 18.3 Å². The van der Waals surface area contributed by atoms with Crippen LogP contribution in [-0.4, -0.2) is 48.4 Å². The highest BCUT2D eigenvalue weighted by atomic mass is 32.2. The zero-order valence-electron chi connectivity index (χ0n) is 16.8. The number of rotatable bonds is 10. The fraction of sp³-hybridized carbons (Fsp3) is 0.211. The minimum atomic E-state index is -4.59. The molecule has 0 aliphatic rings. The second kappa shape index (κ2) is 10.6. The van der Waals surface area contributed by atoms with Crippen molar-refractivity contribution in [2.75, 3.05) is 23.6 Å². The highest BCUT2D eigenvalue weighted by Gasteiger charge is 2.30. The number of sulfonamides is 1. The van der Waals surface area contributed by atoms with E-state index >= 15 is 0 Å². The number of amides is 1. The van der Waals surface area contributed by atoms with Gasteiger partial charge in [-0.1, -0.05) is 17.8 Å². The Balaban J connectivity index is 1.49. The van der Waals surface area contributed by atoms with Crippen LogP contribution >= 0.6 is 11.8 Å². The van der Waals surface area contributed by atoms with Gasteiger partial charge in [0.05, 0.1) is 10.5 Å². The van der Waals surface area contributed by atoms with Crippen LogP contribution in [0.5, 0.6) is 5.75 Å². The Morgan fingerprint density at radius 2 is 1.91 bits per heavy atom. The topological polar surface area (TPSA) is 126 Å². The number of carbonyl (C=O) groups is 1. The summed E-state index contributed by atoms with van der Waals surface area (Å²) >= 11 is 1.39. The summed E-state index contributed by atoms with van der Waals surface area (Å²) in [5, 5.41) is 9.69. The first-order valence-corrected chi connectivity index (χ1v) is 11.8. The van der Waals surface area contributed by atoms with E-state index in [1.165, 1.54) is 48.4 Å². The molecule has 9 nitrogen and oxygen atoms in total. The number of aromatic nitrogens is 3. The summed E-state index contributed by atoms with van der Waals surface area (Å²) in [6.45, 7) is 0.105. The molecular weight excluding hydrogens is 483 g/mol. The molecule has 0 aliphatic heterocycles. The number of nitrogens with zero attached hydrogens (tertiary/aromatic N) is 2. The van der Waals surface area contributed by atoms with Gasteiger partial charge in [-0.3, -0.25) is 14.6 Å². The molecule has 1 heterocycles. The van der Waals surface area contributed by atoms with E-state index in [4.69, 9.17) is 4.74 Å². The molecule has 0 aliphatic carbocycles. The van der Waals surface area contributed by atoms with Crippen molar-refractivity contribution in [3.63, 3.8) is 0 Å². The number of thioether (sulfide) groups is 1. The van der Waals surface area contributed by atoms with Gasteiger partial charge >= 0.3 is 6.18 Å². The van der Waals surface area contributed by atoms with Crippen LogP contribution in [-0.2, 0) is 21.0 Å². The van der Waals surface area contributed by atoms with E-state index in [1.54, 1.807) is 0 Å². The third kappa shape index (κ3) is 7.39. The van der Waals surface area contributed by atoms with Crippen LogP contribution in [0.25, 0.3) is 0 Å². The maximum atomic E-state index is 12.8. The fourth-order valence-corrected chi connectivity index (χ4v) is 4.18.